The number of halogens is 1. The molecule has 0 unspecified atom stereocenters. The van der Waals surface area contributed by atoms with Crippen LogP contribution in [0.5, 0.6) is 0 Å². The molecule has 1 aromatic heterocycles. The number of rotatable bonds is 8. The second-order valence-electron chi connectivity index (χ2n) is 6.40. The third-order valence-electron chi connectivity index (χ3n) is 3.85. The maximum atomic E-state index is 12.9. The molecule has 0 aliphatic carbocycles. The van der Waals surface area contributed by atoms with Crippen LogP contribution in [-0.2, 0) is 15.3 Å². The van der Waals surface area contributed by atoms with E-state index >= 15 is 0 Å². The molecule has 3 amide bonds. The molecule has 160 valence electrons. The second kappa shape index (κ2) is 10.7. The first-order chi connectivity index (χ1) is 14.9. The molecule has 0 aliphatic heterocycles. The zero-order valence-electron chi connectivity index (χ0n) is 16.5. The van der Waals surface area contributed by atoms with Gasteiger partial charge in [-0.3, -0.25) is 19.7 Å². The van der Waals surface area contributed by atoms with Crippen LogP contribution in [0.2, 0.25) is 0 Å². The van der Waals surface area contributed by atoms with Crippen LogP contribution in [0.4, 0.5) is 20.9 Å². The van der Waals surface area contributed by atoms with Crippen molar-refractivity contribution in [3.63, 3.8) is 0 Å². The Kier molecular flexibility index (Phi) is 7.74. The topological polar surface area (TPSA) is 100 Å². The summed E-state index contributed by atoms with van der Waals surface area (Å²) in [4.78, 5) is 39.6. The minimum atomic E-state index is -0.406. The molecule has 0 spiro atoms. The Balaban J connectivity index is 1.42. The summed E-state index contributed by atoms with van der Waals surface area (Å²) in [6.07, 6.45) is 0. The number of carbonyl (C=O) groups excluding carboxylic acids is 3. The van der Waals surface area contributed by atoms with Gasteiger partial charge in [0.15, 0.2) is 5.13 Å². The SMILES string of the molecule is CC(=O)Nc1ccc(NC(=O)CSCc2csc(NC(=O)c3ccc(F)cc3)n2)cc1. The van der Waals surface area contributed by atoms with E-state index in [9.17, 15) is 18.8 Å². The molecule has 10 heteroatoms. The van der Waals surface area contributed by atoms with Crippen molar-refractivity contribution in [1.29, 1.82) is 0 Å². The Morgan fingerprint density at radius 2 is 1.61 bits per heavy atom. The zero-order chi connectivity index (χ0) is 22.2. The molecule has 0 fully saturated rings. The van der Waals surface area contributed by atoms with Crippen LogP contribution in [-0.4, -0.2) is 28.5 Å². The van der Waals surface area contributed by atoms with Gasteiger partial charge in [0.25, 0.3) is 5.91 Å². The molecule has 7 nitrogen and oxygen atoms in total. The van der Waals surface area contributed by atoms with Crippen molar-refractivity contribution >= 4 is 57.3 Å². The summed E-state index contributed by atoms with van der Waals surface area (Å²) in [5.41, 5.74) is 2.39. The van der Waals surface area contributed by atoms with E-state index in [1.807, 2.05) is 5.38 Å². The van der Waals surface area contributed by atoms with E-state index < -0.39 is 5.82 Å². The summed E-state index contributed by atoms with van der Waals surface area (Å²) in [7, 11) is 0. The molecule has 31 heavy (non-hydrogen) atoms. The van der Waals surface area contributed by atoms with Crippen molar-refractivity contribution in [3.8, 4) is 0 Å². The van der Waals surface area contributed by atoms with Crippen LogP contribution in [0.25, 0.3) is 0 Å². The number of nitrogens with one attached hydrogen (secondary N) is 3. The van der Waals surface area contributed by atoms with Crippen LogP contribution in [0.15, 0.2) is 53.9 Å². The Hall–Kier alpha value is -3.24. The normalized spacial score (nSPS) is 10.4. The van der Waals surface area contributed by atoms with Crippen LogP contribution < -0.4 is 16.0 Å². The van der Waals surface area contributed by atoms with Crippen LogP contribution in [0.3, 0.4) is 0 Å². The summed E-state index contributed by atoms with van der Waals surface area (Å²) >= 11 is 2.68. The first-order valence-electron chi connectivity index (χ1n) is 9.15. The maximum Gasteiger partial charge on any atom is 0.257 e. The molecule has 0 saturated heterocycles. The molecule has 2 aromatic carbocycles. The molecular formula is C21H19FN4O3S2. The molecule has 0 bridgehead atoms. The predicted molar refractivity (Wildman–Crippen MR) is 122 cm³/mol. The molecule has 0 atom stereocenters. The monoisotopic (exact) mass is 458 g/mol. The van der Waals surface area contributed by atoms with E-state index in [0.717, 1.165) is 5.69 Å². The first-order valence-corrected chi connectivity index (χ1v) is 11.2. The van der Waals surface area contributed by atoms with Gasteiger partial charge in [0.1, 0.15) is 5.82 Å². The van der Waals surface area contributed by atoms with Gasteiger partial charge in [0, 0.05) is 35.0 Å². The van der Waals surface area contributed by atoms with Crippen molar-refractivity contribution in [2.24, 2.45) is 0 Å². The summed E-state index contributed by atoms with van der Waals surface area (Å²) in [6, 6.07) is 12.1. The highest BCUT2D eigenvalue weighted by Crippen LogP contribution is 2.21. The van der Waals surface area contributed by atoms with Crippen molar-refractivity contribution in [2.75, 3.05) is 21.7 Å². The number of hydrogen-bond donors (Lipinski definition) is 3. The third-order valence-corrected chi connectivity index (χ3v) is 5.62. The number of nitrogens with zero attached hydrogens (tertiary/aromatic N) is 1. The van der Waals surface area contributed by atoms with Gasteiger partial charge in [-0.05, 0) is 48.5 Å². The van der Waals surface area contributed by atoms with Gasteiger partial charge in [-0.15, -0.1) is 23.1 Å². The quantitative estimate of drug-likeness (QED) is 0.466. The van der Waals surface area contributed by atoms with Gasteiger partial charge in [0.2, 0.25) is 11.8 Å². The summed E-state index contributed by atoms with van der Waals surface area (Å²) in [5.74, 6) is -0.334. The van der Waals surface area contributed by atoms with Crippen molar-refractivity contribution < 1.29 is 18.8 Å². The van der Waals surface area contributed by atoms with Gasteiger partial charge < -0.3 is 10.6 Å². The highest BCUT2D eigenvalue weighted by molar-refractivity contribution is 7.99. The Morgan fingerprint density at radius 3 is 2.26 bits per heavy atom. The zero-order valence-corrected chi connectivity index (χ0v) is 18.1. The Bertz CT molecular complexity index is 1070. The smallest absolute Gasteiger partial charge is 0.257 e. The van der Waals surface area contributed by atoms with E-state index in [1.54, 1.807) is 24.3 Å². The predicted octanol–water partition coefficient (Wildman–Crippen LogP) is 4.36. The van der Waals surface area contributed by atoms with Gasteiger partial charge in [-0.2, -0.15) is 0 Å². The lowest BCUT2D eigenvalue weighted by Gasteiger charge is -2.06. The third kappa shape index (κ3) is 7.19. The van der Waals surface area contributed by atoms with E-state index in [4.69, 9.17) is 0 Å². The molecule has 0 saturated carbocycles. The van der Waals surface area contributed by atoms with Crippen LogP contribution >= 0.6 is 23.1 Å². The minimum absolute atomic E-state index is 0.155. The average Bonchev–Trinajstić information content (AvgIpc) is 3.16. The number of carbonyl (C=O) groups is 3. The van der Waals surface area contributed by atoms with E-state index in [1.165, 1.54) is 54.3 Å². The number of amides is 3. The van der Waals surface area contributed by atoms with Crippen molar-refractivity contribution in [1.82, 2.24) is 4.98 Å². The van der Waals surface area contributed by atoms with E-state index in [0.29, 0.717) is 27.8 Å². The van der Waals surface area contributed by atoms with E-state index in [2.05, 4.69) is 20.9 Å². The number of benzene rings is 2. The van der Waals surface area contributed by atoms with Crippen LogP contribution in [0.1, 0.15) is 23.0 Å². The first kappa shape index (κ1) is 22.4. The fourth-order valence-corrected chi connectivity index (χ4v) is 4.01. The standard InChI is InChI=1S/C21H19FN4O3S2/c1-13(27)23-16-6-8-17(9-7-16)24-19(28)12-30-10-18-11-31-21(25-18)26-20(29)14-2-4-15(22)5-3-14/h2-9,11H,10,12H2,1H3,(H,23,27)(H,24,28)(H,25,26,29). The highest BCUT2D eigenvalue weighted by atomic mass is 32.2. The van der Waals surface area contributed by atoms with Crippen molar-refractivity contribution in [3.05, 3.63) is 71.0 Å². The van der Waals surface area contributed by atoms with Gasteiger partial charge in [0.05, 0.1) is 11.4 Å². The number of hydrogen-bond acceptors (Lipinski definition) is 6. The molecule has 3 aromatic rings. The second-order valence-corrected chi connectivity index (χ2v) is 8.25. The van der Waals surface area contributed by atoms with Crippen molar-refractivity contribution in [2.45, 2.75) is 12.7 Å². The Morgan fingerprint density at radius 1 is 0.968 bits per heavy atom. The van der Waals surface area contributed by atoms with Gasteiger partial charge >= 0.3 is 0 Å². The molecule has 3 rings (SSSR count). The summed E-state index contributed by atoms with van der Waals surface area (Å²) in [5, 5.41) is 10.4. The molecule has 3 N–H and O–H groups in total. The lowest BCUT2D eigenvalue weighted by atomic mass is 10.2. The lowest BCUT2D eigenvalue weighted by Crippen LogP contribution is -2.14. The number of thioether (sulfide) groups is 1. The fourth-order valence-electron chi connectivity index (χ4n) is 2.49. The number of anilines is 3. The van der Waals surface area contributed by atoms with E-state index in [-0.39, 0.29) is 23.5 Å². The highest BCUT2D eigenvalue weighted by Gasteiger charge is 2.10. The maximum absolute atomic E-state index is 12.9. The molecule has 0 radical (unpaired) electrons. The minimum Gasteiger partial charge on any atom is -0.326 e. The lowest BCUT2D eigenvalue weighted by molar-refractivity contribution is -0.114. The molecule has 0 aliphatic rings. The van der Waals surface area contributed by atoms with Gasteiger partial charge in [-0.1, -0.05) is 0 Å². The number of aromatic nitrogens is 1. The molecule has 1 heterocycles. The number of thiazole rings is 1. The Labute approximate surface area is 186 Å². The molecular weight excluding hydrogens is 439 g/mol. The summed E-state index contributed by atoms with van der Waals surface area (Å²) in [6.45, 7) is 1.43. The van der Waals surface area contributed by atoms with Gasteiger partial charge in [-0.25, -0.2) is 9.37 Å². The largest absolute Gasteiger partial charge is 0.326 e. The average molecular weight is 459 g/mol. The summed E-state index contributed by atoms with van der Waals surface area (Å²) < 4.78 is 12.9. The van der Waals surface area contributed by atoms with Crippen LogP contribution in [0, 0.1) is 5.82 Å². The fraction of sp³-hybridized carbons (Fsp3) is 0.143.